The van der Waals surface area contributed by atoms with E-state index in [0.29, 0.717) is 28.5 Å². The first-order chi connectivity index (χ1) is 74.0. The van der Waals surface area contributed by atoms with Gasteiger partial charge in [0.05, 0.1) is 68.8 Å². The van der Waals surface area contributed by atoms with Gasteiger partial charge in [-0.2, -0.15) is 0 Å². The molecular weight excluding hydrogens is 1890 g/mol. The molecule has 0 saturated heterocycles. The maximum absolute atomic E-state index is 6.36. The lowest BCUT2D eigenvalue weighted by molar-refractivity contribution is 0.583. The summed E-state index contributed by atoms with van der Waals surface area (Å²) in [6, 6.07) is 133. The van der Waals surface area contributed by atoms with Crippen LogP contribution in [-0.4, -0.2) is 54.0 Å². The van der Waals surface area contributed by atoms with Gasteiger partial charge >= 0.3 is 0 Å². The topological polar surface area (TPSA) is 178 Å². The van der Waals surface area contributed by atoms with Crippen LogP contribution >= 0.6 is 34.0 Å². The second-order valence-corrected chi connectivity index (χ2v) is 40.0. The summed E-state index contributed by atoms with van der Waals surface area (Å²) in [6.45, 7) is 0. The Morgan fingerprint density at radius 2 is 0.698 bits per heavy atom. The molecule has 0 radical (unpaired) electrons. The lowest BCUT2D eigenvalue weighted by Gasteiger charge is -2.21. The fourth-order valence-corrected chi connectivity index (χ4v) is 25.7. The zero-order valence-electron chi connectivity index (χ0n) is 79.1. The molecule has 149 heavy (non-hydrogen) atoms. The molecule has 0 unspecified atom stereocenters. The molecule has 0 bridgehead atoms. The van der Waals surface area contributed by atoms with Gasteiger partial charge in [-0.3, -0.25) is 39.9 Å². The average Bonchev–Trinajstić information content (AvgIpc) is 1.58. The largest absolute Gasteiger partial charge is 0.464 e. The van der Waals surface area contributed by atoms with Crippen LogP contribution in [0, 0.1) is 0 Å². The second-order valence-electron chi connectivity index (χ2n) is 37.1. The third-order valence-corrected chi connectivity index (χ3v) is 32.2. The number of rotatable bonds is 5. The van der Waals surface area contributed by atoms with E-state index in [0.717, 1.165) is 189 Å². The number of benzene rings is 14. The smallest absolute Gasteiger partial charge is 0.144 e. The Kier molecular flexibility index (Phi) is 19.9. The van der Waals surface area contributed by atoms with E-state index in [-0.39, 0.29) is 0 Å². The molecular formula is C131H75N11O4S3. The van der Waals surface area contributed by atoms with Crippen molar-refractivity contribution in [1.29, 1.82) is 0 Å². The Morgan fingerprint density at radius 1 is 0.242 bits per heavy atom. The SMILES string of the molecule is c1ccc(-n2ccc3c2-c2cccnc2-c2ccoc2-c2ccc(-n4c5ccccc5c5ccccc54)cc2-3)cc1.c1ccc2c(c1)-c1cc(-c3cccc4c3oc3ccccc34)ccc1-c1occc1-c1ncccc1-2.c1ccc2c(c1)-c1cc(-c3cccc4c3sc3ccccc34)ccc1-c1sccc1-c1ncccc1-2.c1ccc2c(c1)oc1c(-c3cnc4c(n3)-c3nccnc3-c3nccnc3-c3ccsc3-4)cccc12. The van der Waals surface area contributed by atoms with E-state index in [9.17, 15) is 0 Å². The number of aromatic nitrogens is 11. The van der Waals surface area contributed by atoms with Gasteiger partial charge in [-0.1, -0.05) is 237 Å². The molecule has 0 amide bonds. The summed E-state index contributed by atoms with van der Waals surface area (Å²) < 4.78 is 32.3. The van der Waals surface area contributed by atoms with Crippen LogP contribution in [-0.2, 0) is 0 Å². The van der Waals surface area contributed by atoms with Crippen molar-refractivity contribution < 1.29 is 17.7 Å². The number of pyridine rings is 3. The lowest BCUT2D eigenvalue weighted by atomic mass is 9.84. The number of hydrogen-bond acceptors (Lipinski definition) is 16. The van der Waals surface area contributed by atoms with Crippen LogP contribution in [0.4, 0.5) is 0 Å². The lowest BCUT2D eigenvalue weighted by Crippen LogP contribution is -2.05. The Morgan fingerprint density at radius 3 is 1.35 bits per heavy atom. The van der Waals surface area contributed by atoms with E-state index in [2.05, 4.69) is 333 Å². The molecule has 0 atom stereocenters. The third kappa shape index (κ3) is 13.7. The van der Waals surface area contributed by atoms with Gasteiger partial charge in [0.1, 0.15) is 62.3 Å². The highest BCUT2D eigenvalue weighted by Crippen LogP contribution is 2.57. The second kappa shape index (κ2) is 34.7. The summed E-state index contributed by atoms with van der Waals surface area (Å²) in [5.74, 6) is 1.68. The van der Waals surface area contributed by atoms with Gasteiger partial charge in [0, 0.05) is 191 Å². The maximum Gasteiger partial charge on any atom is 0.144 e. The molecule has 18 heteroatoms. The number of furan rings is 4. The van der Waals surface area contributed by atoms with Crippen LogP contribution in [0.2, 0.25) is 0 Å². The van der Waals surface area contributed by atoms with Gasteiger partial charge in [0.25, 0.3) is 0 Å². The maximum atomic E-state index is 6.36. The number of nitrogens with zero attached hydrogens (tertiary/aromatic N) is 11. The van der Waals surface area contributed by atoms with Crippen LogP contribution in [0.5, 0.6) is 0 Å². The molecule has 0 spiro atoms. The average molecular weight is 1960 g/mol. The van der Waals surface area contributed by atoms with Crippen molar-refractivity contribution in [2.45, 2.75) is 0 Å². The molecule has 4 aliphatic rings. The van der Waals surface area contributed by atoms with Crippen molar-refractivity contribution in [1.82, 2.24) is 54.0 Å². The molecule has 15 aromatic heterocycles. The van der Waals surface area contributed by atoms with Gasteiger partial charge in [-0.05, 0) is 206 Å². The van der Waals surface area contributed by atoms with Crippen molar-refractivity contribution in [3.63, 3.8) is 0 Å². The normalized spacial score (nSPS) is 11.9. The molecule has 14 aromatic carbocycles. The van der Waals surface area contributed by atoms with E-state index in [1.807, 2.05) is 114 Å². The molecule has 15 nitrogen and oxygen atoms in total. The van der Waals surface area contributed by atoms with Gasteiger partial charge in [-0.25, -0.2) is 4.98 Å². The fraction of sp³-hybridized carbons (Fsp3) is 0. The molecule has 0 fully saturated rings. The zero-order valence-corrected chi connectivity index (χ0v) is 81.5. The van der Waals surface area contributed by atoms with E-state index in [1.54, 1.807) is 66.2 Å². The Bertz CT molecular complexity index is 9790. The van der Waals surface area contributed by atoms with E-state index in [1.165, 1.54) is 91.4 Å². The predicted molar refractivity (Wildman–Crippen MR) is 605 cm³/mol. The van der Waals surface area contributed by atoms with Gasteiger partial charge in [-0.15, -0.1) is 34.0 Å². The first-order valence-electron chi connectivity index (χ1n) is 49.2. The van der Waals surface area contributed by atoms with Crippen LogP contribution in [0.25, 0.3) is 309 Å². The van der Waals surface area contributed by atoms with Crippen molar-refractivity contribution >= 4 is 120 Å². The first kappa shape index (κ1) is 85.2. The molecule has 0 aliphatic heterocycles. The Hall–Kier alpha value is -19.4. The third-order valence-electron chi connectivity index (χ3n) is 29.1. The van der Waals surface area contributed by atoms with Crippen LogP contribution in [0.3, 0.4) is 0 Å². The zero-order chi connectivity index (χ0) is 97.8. The number of fused-ring (bicyclic) bond motifs is 44. The molecule has 696 valence electrons. The molecule has 4 aliphatic carbocycles. The van der Waals surface area contributed by atoms with Gasteiger partial charge in [0.15, 0.2) is 0 Å². The highest BCUT2D eigenvalue weighted by atomic mass is 32.1. The summed E-state index contributed by atoms with van der Waals surface area (Å²) in [5, 5.41) is 13.8. The summed E-state index contributed by atoms with van der Waals surface area (Å²) in [5.41, 5.74) is 42.9. The minimum Gasteiger partial charge on any atom is -0.464 e. The first-order valence-corrected chi connectivity index (χ1v) is 51.8. The van der Waals surface area contributed by atoms with E-state index in [4.69, 9.17) is 47.6 Å². The van der Waals surface area contributed by atoms with Crippen LogP contribution < -0.4 is 0 Å². The van der Waals surface area contributed by atoms with Crippen LogP contribution in [0.1, 0.15) is 0 Å². The minimum absolute atomic E-state index is 0.624. The van der Waals surface area contributed by atoms with Gasteiger partial charge < -0.3 is 26.8 Å². The number of para-hydroxylation sites is 7. The highest BCUT2D eigenvalue weighted by molar-refractivity contribution is 7.26. The van der Waals surface area contributed by atoms with E-state index < -0.39 is 0 Å². The molecule has 15 heterocycles. The van der Waals surface area contributed by atoms with E-state index >= 15 is 0 Å². The molecule has 33 rings (SSSR count). The fourth-order valence-electron chi connectivity index (χ4n) is 22.6. The Balaban J connectivity index is 0.0000000916. The van der Waals surface area contributed by atoms with Crippen molar-refractivity contribution in [2.24, 2.45) is 0 Å². The quantitative estimate of drug-likeness (QED) is 0.159. The Labute approximate surface area is 863 Å². The summed E-state index contributed by atoms with van der Waals surface area (Å²) in [6.07, 6.45) is 19.8. The summed E-state index contributed by atoms with van der Waals surface area (Å²) in [4.78, 5) is 45.4. The molecule has 0 saturated carbocycles. The standard InChI is InChI=1S/C37H23N3O.C33H19NO2.C33H19NS2.C28H14N6OS/c1-2-9-24(10-3-1)39-21-18-28-32-23-25(40-33-14-6-4-11-26(33)27-12-5-7-15-34(27)40)16-17-29(32)37-31(19-22-41-37)35-30(36(28)39)13-8-20-38-35;2*1-2-8-23-22(7-1)25-12-6-17-34-31(25)28-16-18-35-32(28)27-15-14-20(19-29(23)27)21-10-5-11-26-24-9-3-4-13-30(24)36-33(21)26;1-2-7-20-15(4-1)16-5-3-6-17(27(16)35-20)19-14-33-26-25(34-19)24-23(31-11-12-32-24)22-21(29-9-10-30-22)18-8-13-36-28(18)26/h1-23H;2*1-19H;1-14H. The van der Waals surface area contributed by atoms with Gasteiger partial charge in [0.2, 0.25) is 0 Å². The van der Waals surface area contributed by atoms with Crippen LogP contribution in [0.15, 0.2) is 473 Å². The number of hydrogen-bond donors (Lipinski definition) is 0. The van der Waals surface area contributed by atoms with Crippen molar-refractivity contribution in [3.8, 4) is 223 Å². The predicted octanol–water partition coefficient (Wildman–Crippen LogP) is 35.6. The minimum atomic E-state index is 0.624. The van der Waals surface area contributed by atoms with Crippen molar-refractivity contribution in [3.05, 3.63) is 455 Å². The summed E-state index contributed by atoms with van der Waals surface area (Å²) >= 11 is 5.29. The molecule has 0 N–H and O–H groups in total. The highest BCUT2D eigenvalue weighted by Gasteiger charge is 2.35. The van der Waals surface area contributed by atoms with Crippen molar-refractivity contribution in [2.75, 3.05) is 0 Å². The monoisotopic (exact) mass is 1960 g/mol. The summed E-state index contributed by atoms with van der Waals surface area (Å²) in [7, 11) is 0. The molecule has 29 aromatic rings. The number of thiophene rings is 3.